The Hall–Kier alpha value is -0.870. The molecule has 0 aliphatic carbocycles. The first-order valence-corrected chi connectivity index (χ1v) is 5.53. The molecule has 0 N–H and O–H groups in total. The largest absolute Gasteiger partial charge is 0.378 e. The van der Waals surface area contributed by atoms with E-state index in [0.29, 0.717) is 5.02 Å². The molecular formula is C10H14ClN3O. The highest BCUT2D eigenvalue weighted by molar-refractivity contribution is 6.31. The van der Waals surface area contributed by atoms with Gasteiger partial charge in [-0.25, -0.2) is 9.97 Å². The normalized spacial score (nSPS) is 16.8. The number of hydrogen-bond acceptors (Lipinski definition) is 4. The van der Waals surface area contributed by atoms with Gasteiger partial charge in [0.1, 0.15) is 0 Å². The summed E-state index contributed by atoms with van der Waals surface area (Å²) in [5, 5.41) is 0.648. The number of hydrogen-bond donors (Lipinski definition) is 0. The Morgan fingerprint density at radius 1 is 1.47 bits per heavy atom. The van der Waals surface area contributed by atoms with Gasteiger partial charge in [-0.1, -0.05) is 18.5 Å². The van der Waals surface area contributed by atoms with Gasteiger partial charge in [-0.05, 0) is 6.42 Å². The van der Waals surface area contributed by atoms with E-state index in [2.05, 4.69) is 14.9 Å². The average molecular weight is 228 g/mol. The van der Waals surface area contributed by atoms with E-state index in [1.807, 2.05) is 6.92 Å². The maximum absolute atomic E-state index is 5.97. The molecule has 0 unspecified atom stereocenters. The second kappa shape index (κ2) is 4.77. The number of anilines is 1. The zero-order valence-corrected chi connectivity index (χ0v) is 9.50. The Kier molecular flexibility index (Phi) is 3.38. The fourth-order valence-corrected chi connectivity index (χ4v) is 1.78. The van der Waals surface area contributed by atoms with Crippen LogP contribution in [0.5, 0.6) is 0 Å². The molecule has 0 radical (unpaired) electrons. The summed E-state index contributed by atoms with van der Waals surface area (Å²) in [6, 6.07) is 0. The monoisotopic (exact) mass is 227 g/mol. The summed E-state index contributed by atoms with van der Waals surface area (Å²) in [5.41, 5.74) is 0.910. The van der Waals surface area contributed by atoms with Crippen LogP contribution in [0.1, 0.15) is 12.6 Å². The molecule has 5 heteroatoms. The molecule has 82 valence electrons. The third-order valence-corrected chi connectivity index (χ3v) is 2.75. The van der Waals surface area contributed by atoms with Gasteiger partial charge in [0.15, 0.2) is 0 Å². The zero-order chi connectivity index (χ0) is 10.7. The Bertz CT molecular complexity index is 339. The van der Waals surface area contributed by atoms with Gasteiger partial charge in [-0.2, -0.15) is 0 Å². The number of nitrogens with zero attached hydrogens (tertiary/aromatic N) is 3. The second-order valence-electron chi connectivity index (χ2n) is 3.42. The summed E-state index contributed by atoms with van der Waals surface area (Å²) in [4.78, 5) is 10.8. The molecule has 1 aliphatic heterocycles. The fourth-order valence-electron chi connectivity index (χ4n) is 1.56. The SMILES string of the molecule is CCc1nc(N2CCOCC2)ncc1Cl. The Labute approximate surface area is 94.2 Å². The Morgan fingerprint density at radius 3 is 2.87 bits per heavy atom. The summed E-state index contributed by atoms with van der Waals surface area (Å²) >= 11 is 5.97. The van der Waals surface area contributed by atoms with E-state index >= 15 is 0 Å². The van der Waals surface area contributed by atoms with Crippen molar-refractivity contribution in [2.75, 3.05) is 31.2 Å². The average Bonchev–Trinajstić information content (AvgIpc) is 2.31. The zero-order valence-electron chi connectivity index (χ0n) is 8.74. The molecule has 0 spiro atoms. The molecule has 1 aromatic heterocycles. The lowest BCUT2D eigenvalue weighted by Gasteiger charge is -2.26. The van der Waals surface area contributed by atoms with Gasteiger partial charge in [0.05, 0.1) is 30.1 Å². The minimum Gasteiger partial charge on any atom is -0.378 e. The first-order valence-electron chi connectivity index (χ1n) is 5.15. The molecule has 0 atom stereocenters. The van der Waals surface area contributed by atoms with Crippen LogP contribution in [0, 0.1) is 0 Å². The van der Waals surface area contributed by atoms with Crippen molar-refractivity contribution in [3.05, 3.63) is 16.9 Å². The molecule has 4 nitrogen and oxygen atoms in total. The lowest BCUT2D eigenvalue weighted by molar-refractivity contribution is 0.122. The van der Waals surface area contributed by atoms with E-state index in [0.717, 1.165) is 44.4 Å². The number of morpholine rings is 1. The van der Waals surface area contributed by atoms with Crippen LogP contribution in [0.2, 0.25) is 5.02 Å². The number of ether oxygens (including phenoxy) is 1. The van der Waals surface area contributed by atoms with E-state index in [-0.39, 0.29) is 0 Å². The summed E-state index contributed by atoms with van der Waals surface area (Å²) in [6.45, 7) is 5.23. The van der Waals surface area contributed by atoms with E-state index in [1.54, 1.807) is 6.20 Å². The number of aromatic nitrogens is 2. The van der Waals surface area contributed by atoms with Crippen LogP contribution >= 0.6 is 11.6 Å². The van der Waals surface area contributed by atoms with E-state index in [9.17, 15) is 0 Å². The van der Waals surface area contributed by atoms with Crippen molar-refractivity contribution in [1.29, 1.82) is 0 Å². The number of halogens is 1. The van der Waals surface area contributed by atoms with Crippen LogP contribution in [0.25, 0.3) is 0 Å². The minimum atomic E-state index is 0.648. The highest BCUT2D eigenvalue weighted by atomic mass is 35.5. The van der Waals surface area contributed by atoms with Gasteiger partial charge in [0.25, 0.3) is 0 Å². The quantitative estimate of drug-likeness (QED) is 0.768. The van der Waals surface area contributed by atoms with Crippen LogP contribution in [0.15, 0.2) is 6.20 Å². The Balaban J connectivity index is 2.20. The molecule has 2 rings (SSSR count). The van der Waals surface area contributed by atoms with Crippen LogP contribution in [-0.4, -0.2) is 36.3 Å². The van der Waals surface area contributed by atoms with E-state index in [4.69, 9.17) is 16.3 Å². The standard InChI is InChI=1S/C10H14ClN3O/c1-2-9-8(11)7-12-10(13-9)14-3-5-15-6-4-14/h7H,2-6H2,1H3. The van der Waals surface area contributed by atoms with Gasteiger partial charge in [-0.3, -0.25) is 0 Å². The molecule has 1 aliphatic rings. The van der Waals surface area contributed by atoms with Crippen molar-refractivity contribution in [2.24, 2.45) is 0 Å². The maximum Gasteiger partial charge on any atom is 0.225 e. The fraction of sp³-hybridized carbons (Fsp3) is 0.600. The van der Waals surface area contributed by atoms with Crippen LogP contribution < -0.4 is 4.90 Å². The Morgan fingerprint density at radius 2 is 2.20 bits per heavy atom. The molecule has 2 heterocycles. The van der Waals surface area contributed by atoms with Crippen LogP contribution in [0.3, 0.4) is 0 Å². The van der Waals surface area contributed by atoms with E-state index < -0.39 is 0 Å². The lowest BCUT2D eigenvalue weighted by Crippen LogP contribution is -2.37. The minimum absolute atomic E-state index is 0.648. The van der Waals surface area contributed by atoms with Crippen molar-refractivity contribution in [3.63, 3.8) is 0 Å². The van der Waals surface area contributed by atoms with Gasteiger partial charge < -0.3 is 9.64 Å². The van der Waals surface area contributed by atoms with Crippen LogP contribution in [0.4, 0.5) is 5.95 Å². The van der Waals surface area contributed by atoms with Crippen molar-refractivity contribution in [1.82, 2.24) is 9.97 Å². The van der Waals surface area contributed by atoms with Crippen molar-refractivity contribution in [2.45, 2.75) is 13.3 Å². The van der Waals surface area contributed by atoms with Gasteiger partial charge in [-0.15, -0.1) is 0 Å². The highest BCUT2D eigenvalue weighted by Gasteiger charge is 2.14. The number of rotatable bonds is 2. The summed E-state index contributed by atoms with van der Waals surface area (Å²) in [7, 11) is 0. The molecule has 0 bridgehead atoms. The predicted octanol–water partition coefficient (Wildman–Crippen LogP) is 1.53. The number of aryl methyl sites for hydroxylation is 1. The summed E-state index contributed by atoms with van der Waals surface area (Å²) < 4.78 is 5.28. The third-order valence-electron chi connectivity index (χ3n) is 2.43. The topological polar surface area (TPSA) is 38.2 Å². The summed E-state index contributed by atoms with van der Waals surface area (Å²) in [5.74, 6) is 0.763. The van der Waals surface area contributed by atoms with Gasteiger partial charge in [0.2, 0.25) is 5.95 Å². The molecule has 15 heavy (non-hydrogen) atoms. The maximum atomic E-state index is 5.97. The van der Waals surface area contributed by atoms with E-state index in [1.165, 1.54) is 0 Å². The second-order valence-corrected chi connectivity index (χ2v) is 3.82. The van der Waals surface area contributed by atoms with Crippen molar-refractivity contribution < 1.29 is 4.74 Å². The predicted molar refractivity (Wildman–Crippen MR) is 59.5 cm³/mol. The molecule has 1 saturated heterocycles. The molecule has 0 aromatic carbocycles. The van der Waals surface area contributed by atoms with Crippen molar-refractivity contribution >= 4 is 17.5 Å². The molecule has 0 saturated carbocycles. The molecular weight excluding hydrogens is 214 g/mol. The highest BCUT2D eigenvalue weighted by Crippen LogP contribution is 2.17. The van der Waals surface area contributed by atoms with Crippen LogP contribution in [-0.2, 0) is 11.2 Å². The molecule has 1 aromatic rings. The van der Waals surface area contributed by atoms with Gasteiger partial charge >= 0.3 is 0 Å². The molecule has 0 amide bonds. The van der Waals surface area contributed by atoms with Gasteiger partial charge in [0, 0.05) is 13.1 Å². The third kappa shape index (κ3) is 2.38. The first kappa shape index (κ1) is 10.6. The first-order chi connectivity index (χ1) is 7.31. The summed E-state index contributed by atoms with van der Waals surface area (Å²) in [6.07, 6.45) is 2.51. The smallest absolute Gasteiger partial charge is 0.225 e. The van der Waals surface area contributed by atoms with Crippen molar-refractivity contribution in [3.8, 4) is 0 Å². The lowest BCUT2D eigenvalue weighted by atomic mass is 10.3. The molecule has 1 fully saturated rings.